The van der Waals surface area contributed by atoms with Crippen molar-refractivity contribution < 1.29 is 4.39 Å². The van der Waals surface area contributed by atoms with Gasteiger partial charge in [-0.25, -0.2) is 19.3 Å². The van der Waals surface area contributed by atoms with Crippen LogP contribution in [0.25, 0.3) is 28.7 Å². The monoisotopic (exact) mass is 393 g/mol. The van der Waals surface area contributed by atoms with Gasteiger partial charge in [-0.3, -0.25) is 4.40 Å². The highest BCUT2D eigenvalue weighted by molar-refractivity contribution is 5.60. The molecular formula is C19H20FN9. The van der Waals surface area contributed by atoms with Crippen LogP contribution in [0.2, 0.25) is 0 Å². The Balaban J connectivity index is 1.61. The molecule has 4 aromatic heterocycles. The maximum absolute atomic E-state index is 13.8. The van der Waals surface area contributed by atoms with Crippen molar-refractivity contribution >= 4 is 5.65 Å². The van der Waals surface area contributed by atoms with Gasteiger partial charge in [-0.1, -0.05) is 0 Å². The molecular weight excluding hydrogens is 373 g/mol. The van der Waals surface area contributed by atoms with Gasteiger partial charge in [0.25, 0.3) is 0 Å². The molecule has 10 heteroatoms. The summed E-state index contributed by atoms with van der Waals surface area (Å²) in [4.78, 5) is 15.2. The molecule has 1 atom stereocenters. The largest absolute Gasteiger partial charge is 0.316 e. The van der Waals surface area contributed by atoms with Gasteiger partial charge in [0.1, 0.15) is 22.9 Å². The first-order chi connectivity index (χ1) is 14.2. The lowest BCUT2D eigenvalue weighted by Crippen LogP contribution is -2.31. The second-order valence-electron chi connectivity index (χ2n) is 7.31. The topological polar surface area (TPSA) is 98.7 Å². The number of fused-ring (bicyclic) bond motifs is 1. The van der Waals surface area contributed by atoms with Crippen molar-refractivity contribution in [3.8, 4) is 23.0 Å². The Morgan fingerprint density at radius 2 is 2.17 bits per heavy atom. The third-order valence-electron chi connectivity index (χ3n) is 5.11. The third-order valence-corrected chi connectivity index (χ3v) is 5.11. The van der Waals surface area contributed by atoms with E-state index in [9.17, 15) is 4.39 Å². The average molecular weight is 393 g/mol. The fourth-order valence-corrected chi connectivity index (χ4v) is 3.73. The van der Waals surface area contributed by atoms with Crippen LogP contribution < -0.4 is 5.32 Å². The molecule has 0 bridgehead atoms. The maximum Gasteiger partial charge on any atom is 0.223 e. The fourth-order valence-electron chi connectivity index (χ4n) is 3.73. The number of nitrogens with zero attached hydrogens (tertiary/aromatic N) is 8. The summed E-state index contributed by atoms with van der Waals surface area (Å²) in [6.07, 6.45) is 6.18. The van der Waals surface area contributed by atoms with Crippen LogP contribution in [0, 0.1) is 11.7 Å². The molecule has 0 aliphatic carbocycles. The van der Waals surface area contributed by atoms with Crippen LogP contribution >= 0.6 is 0 Å². The fraction of sp³-hybridized carbons (Fsp3) is 0.368. The summed E-state index contributed by atoms with van der Waals surface area (Å²) in [5.74, 6) is 1.05. The zero-order valence-corrected chi connectivity index (χ0v) is 16.0. The lowest BCUT2D eigenvalue weighted by atomic mass is 9.94. The summed E-state index contributed by atoms with van der Waals surface area (Å²) in [7, 11) is 1.71. The lowest BCUT2D eigenvalue weighted by molar-refractivity contribution is 0.373. The molecule has 5 heterocycles. The number of pyridine rings is 1. The van der Waals surface area contributed by atoms with Crippen molar-refractivity contribution in [3.05, 3.63) is 42.1 Å². The van der Waals surface area contributed by atoms with E-state index in [0.717, 1.165) is 38.0 Å². The van der Waals surface area contributed by atoms with Crippen LogP contribution in [0.1, 0.15) is 18.5 Å². The van der Waals surface area contributed by atoms with Gasteiger partial charge in [0.2, 0.25) is 5.82 Å². The smallest absolute Gasteiger partial charge is 0.223 e. The number of hydrogen-bond acceptors (Lipinski definition) is 7. The molecule has 5 rings (SSSR count). The molecule has 0 saturated carbocycles. The Bertz CT molecular complexity index is 1160. The van der Waals surface area contributed by atoms with Crippen LogP contribution in [-0.2, 0) is 13.5 Å². The van der Waals surface area contributed by atoms with E-state index in [1.165, 1.54) is 17.1 Å². The van der Waals surface area contributed by atoms with Crippen LogP contribution in [0.15, 0.2) is 30.6 Å². The number of piperidine rings is 1. The maximum atomic E-state index is 13.8. The molecule has 0 aromatic carbocycles. The number of hydrogen-bond donors (Lipinski definition) is 1. The van der Waals surface area contributed by atoms with Crippen LogP contribution in [0.5, 0.6) is 0 Å². The van der Waals surface area contributed by atoms with Crippen molar-refractivity contribution in [2.75, 3.05) is 13.1 Å². The Morgan fingerprint density at radius 3 is 2.97 bits per heavy atom. The molecule has 4 aromatic rings. The summed E-state index contributed by atoms with van der Waals surface area (Å²) < 4.78 is 15.5. The number of nitrogens with one attached hydrogen (secondary N) is 1. The van der Waals surface area contributed by atoms with E-state index in [1.807, 2.05) is 6.07 Å². The van der Waals surface area contributed by atoms with E-state index in [0.29, 0.717) is 34.6 Å². The highest BCUT2D eigenvalue weighted by Crippen LogP contribution is 2.24. The third kappa shape index (κ3) is 3.58. The molecule has 0 unspecified atom stereocenters. The summed E-state index contributed by atoms with van der Waals surface area (Å²) in [5.41, 5.74) is 2.74. The minimum Gasteiger partial charge on any atom is -0.316 e. The molecule has 29 heavy (non-hydrogen) atoms. The summed E-state index contributed by atoms with van der Waals surface area (Å²) >= 11 is 0. The number of imidazole rings is 1. The lowest BCUT2D eigenvalue weighted by Gasteiger charge is -2.22. The van der Waals surface area contributed by atoms with Crippen molar-refractivity contribution in [1.82, 2.24) is 44.9 Å². The molecule has 1 N–H and O–H groups in total. The van der Waals surface area contributed by atoms with Gasteiger partial charge >= 0.3 is 0 Å². The van der Waals surface area contributed by atoms with E-state index in [4.69, 9.17) is 4.98 Å². The predicted octanol–water partition coefficient (Wildman–Crippen LogP) is 1.66. The van der Waals surface area contributed by atoms with E-state index in [1.54, 1.807) is 23.7 Å². The molecule has 1 aliphatic heterocycles. The van der Waals surface area contributed by atoms with E-state index >= 15 is 0 Å². The summed E-state index contributed by atoms with van der Waals surface area (Å²) in [5, 5.41) is 15.7. The Hall–Kier alpha value is -3.27. The SMILES string of the molecule is Cn1nnc(-c2cc(C[C@@H]3CCCNC3)nc(-c3cnc4ccc(F)cn34)n2)n1. The average Bonchev–Trinajstić information content (AvgIpc) is 3.34. The molecule has 0 spiro atoms. The highest BCUT2D eigenvalue weighted by atomic mass is 19.1. The highest BCUT2D eigenvalue weighted by Gasteiger charge is 2.19. The number of rotatable bonds is 4. The van der Waals surface area contributed by atoms with Crippen molar-refractivity contribution in [3.63, 3.8) is 0 Å². The minimum absolute atomic E-state index is 0.350. The zero-order valence-electron chi connectivity index (χ0n) is 16.0. The predicted molar refractivity (Wildman–Crippen MR) is 103 cm³/mol. The second kappa shape index (κ2) is 7.28. The quantitative estimate of drug-likeness (QED) is 0.563. The Morgan fingerprint density at radius 1 is 1.24 bits per heavy atom. The van der Waals surface area contributed by atoms with Crippen molar-refractivity contribution in [1.29, 1.82) is 0 Å². The molecule has 148 valence electrons. The zero-order chi connectivity index (χ0) is 19.8. The molecule has 1 fully saturated rings. The van der Waals surface area contributed by atoms with E-state index in [2.05, 4.69) is 30.7 Å². The molecule has 0 radical (unpaired) electrons. The first kappa shape index (κ1) is 17.8. The van der Waals surface area contributed by atoms with Gasteiger partial charge in [0.05, 0.1) is 13.2 Å². The standard InChI is InChI=1S/C19H20FN9/c1-28-26-18(25-27-28)15-8-14(7-12-3-2-6-21-9-12)23-19(24-15)16-10-22-17-5-4-13(20)11-29(16)17/h4-5,8,10-12,21H,2-3,6-7,9H2,1H3/t12-/m0/s1. The number of tetrazole rings is 1. The van der Waals surface area contributed by atoms with Crippen LogP contribution in [-0.4, -0.2) is 52.6 Å². The van der Waals surface area contributed by atoms with Crippen LogP contribution in [0.3, 0.4) is 0 Å². The Kier molecular flexibility index (Phi) is 4.47. The second-order valence-corrected chi connectivity index (χ2v) is 7.31. The van der Waals surface area contributed by atoms with Crippen molar-refractivity contribution in [2.45, 2.75) is 19.3 Å². The number of aryl methyl sites for hydroxylation is 1. The van der Waals surface area contributed by atoms with Gasteiger partial charge in [-0.2, -0.15) is 4.80 Å². The van der Waals surface area contributed by atoms with Gasteiger partial charge in [-0.05, 0) is 61.7 Å². The first-order valence-corrected chi connectivity index (χ1v) is 9.62. The first-order valence-electron chi connectivity index (χ1n) is 9.62. The van der Waals surface area contributed by atoms with Gasteiger partial charge < -0.3 is 5.32 Å². The number of halogens is 1. The summed E-state index contributed by atoms with van der Waals surface area (Å²) in [6, 6.07) is 4.93. The van der Waals surface area contributed by atoms with Gasteiger partial charge in [-0.15, -0.1) is 10.2 Å². The molecule has 0 amide bonds. The molecule has 1 aliphatic rings. The minimum atomic E-state index is -0.350. The van der Waals surface area contributed by atoms with E-state index in [-0.39, 0.29) is 5.82 Å². The van der Waals surface area contributed by atoms with E-state index < -0.39 is 0 Å². The van der Waals surface area contributed by atoms with Gasteiger partial charge in [0.15, 0.2) is 5.82 Å². The normalized spacial score (nSPS) is 17.1. The van der Waals surface area contributed by atoms with Gasteiger partial charge in [0, 0.05) is 11.9 Å². The van der Waals surface area contributed by atoms with Crippen LogP contribution in [0.4, 0.5) is 4.39 Å². The number of aromatic nitrogens is 8. The van der Waals surface area contributed by atoms with Crippen molar-refractivity contribution in [2.24, 2.45) is 13.0 Å². The summed E-state index contributed by atoms with van der Waals surface area (Å²) in [6.45, 7) is 2.03. The molecule has 1 saturated heterocycles. The molecule has 9 nitrogen and oxygen atoms in total. The Labute approximate surface area is 166 Å².